The number of hydrogen-bond donors (Lipinski definition) is 1. The predicted molar refractivity (Wildman–Crippen MR) is 77.6 cm³/mol. The lowest BCUT2D eigenvalue weighted by molar-refractivity contribution is 0.118. The minimum Gasteiger partial charge on any atom is -0.493 e. The largest absolute Gasteiger partial charge is 0.493 e. The highest BCUT2D eigenvalue weighted by atomic mass is 16.5. The minimum absolute atomic E-state index is 0.330. The first-order valence-corrected chi connectivity index (χ1v) is 7.30. The van der Waals surface area contributed by atoms with Crippen molar-refractivity contribution in [3.8, 4) is 11.5 Å². The van der Waals surface area contributed by atoms with Crippen molar-refractivity contribution in [2.75, 3.05) is 7.11 Å². The highest BCUT2D eigenvalue weighted by Crippen LogP contribution is 2.34. The van der Waals surface area contributed by atoms with E-state index in [-0.39, 0.29) is 0 Å². The van der Waals surface area contributed by atoms with Gasteiger partial charge in [0.25, 0.3) is 0 Å². The molecule has 1 aromatic carbocycles. The van der Waals surface area contributed by atoms with Gasteiger partial charge in [-0.3, -0.25) is 0 Å². The Balaban J connectivity index is 2.05. The molecule has 106 valence electrons. The second-order valence-electron chi connectivity index (χ2n) is 5.37. The summed E-state index contributed by atoms with van der Waals surface area (Å²) in [5, 5.41) is 0. The Bertz CT molecular complexity index is 406. The van der Waals surface area contributed by atoms with Crippen LogP contribution in [-0.4, -0.2) is 13.2 Å². The zero-order chi connectivity index (χ0) is 13.7. The second kappa shape index (κ2) is 6.80. The van der Waals surface area contributed by atoms with Crippen molar-refractivity contribution in [1.82, 2.24) is 0 Å². The van der Waals surface area contributed by atoms with Gasteiger partial charge in [0.2, 0.25) is 0 Å². The first kappa shape index (κ1) is 14.2. The molecule has 0 saturated heterocycles. The molecule has 3 nitrogen and oxygen atoms in total. The zero-order valence-electron chi connectivity index (χ0n) is 12.0. The molecule has 2 atom stereocenters. The molecule has 0 spiro atoms. The third-order valence-corrected chi connectivity index (χ3v) is 4.07. The number of methoxy groups -OCH3 is 1. The molecule has 1 saturated carbocycles. The van der Waals surface area contributed by atoms with Gasteiger partial charge in [-0.25, -0.2) is 0 Å². The van der Waals surface area contributed by atoms with Crippen LogP contribution in [0, 0.1) is 5.92 Å². The van der Waals surface area contributed by atoms with E-state index in [0.717, 1.165) is 35.8 Å². The van der Waals surface area contributed by atoms with Crippen LogP contribution in [0.15, 0.2) is 18.2 Å². The molecule has 0 bridgehead atoms. The standard InChI is InChI=1S/C16H25NO2/c1-3-12-5-4-6-14(9-12)19-15-8-7-13(11-17)10-16(15)18-2/h7-8,10,12,14H,3-6,9,11,17H2,1-2H3. The van der Waals surface area contributed by atoms with E-state index in [2.05, 4.69) is 6.92 Å². The maximum absolute atomic E-state index is 6.14. The van der Waals surface area contributed by atoms with E-state index in [1.807, 2.05) is 18.2 Å². The van der Waals surface area contributed by atoms with Crippen molar-refractivity contribution in [2.45, 2.75) is 51.7 Å². The smallest absolute Gasteiger partial charge is 0.161 e. The zero-order valence-corrected chi connectivity index (χ0v) is 12.0. The Morgan fingerprint density at radius 2 is 2.11 bits per heavy atom. The van der Waals surface area contributed by atoms with Gasteiger partial charge in [-0.15, -0.1) is 0 Å². The molecule has 1 aliphatic rings. The Morgan fingerprint density at radius 3 is 2.79 bits per heavy atom. The summed E-state index contributed by atoms with van der Waals surface area (Å²) < 4.78 is 11.5. The fourth-order valence-corrected chi connectivity index (χ4v) is 2.84. The van der Waals surface area contributed by atoms with Gasteiger partial charge in [-0.1, -0.05) is 25.8 Å². The molecule has 1 aromatic rings. The Labute approximate surface area is 116 Å². The maximum Gasteiger partial charge on any atom is 0.161 e. The van der Waals surface area contributed by atoms with Crippen molar-refractivity contribution in [2.24, 2.45) is 11.7 Å². The second-order valence-corrected chi connectivity index (χ2v) is 5.37. The Kier molecular flexibility index (Phi) is 5.08. The van der Waals surface area contributed by atoms with E-state index in [9.17, 15) is 0 Å². The van der Waals surface area contributed by atoms with E-state index in [4.69, 9.17) is 15.2 Å². The van der Waals surface area contributed by atoms with Crippen molar-refractivity contribution in [3.63, 3.8) is 0 Å². The number of ether oxygens (including phenoxy) is 2. The molecule has 2 unspecified atom stereocenters. The minimum atomic E-state index is 0.330. The predicted octanol–water partition coefficient (Wildman–Crippen LogP) is 3.50. The SMILES string of the molecule is CCC1CCCC(Oc2ccc(CN)cc2OC)C1. The fraction of sp³-hybridized carbons (Fsp3) is 0.625. The van der Waals surface area contributed by atoms with E-state index in [1.54, 1.807) is 7.11 Å². The number of hydrogen-bond acceptors (Lipinski definition) is 3. The topological polar surface area (TPSA) is 44.5 Å². The molecule has 19 heavy (non-hydrogen) atoms. The summed E-state index contributed by atoms with van der Waals surface area (Å²) in [5.74, 6) is 2.45. The molecule has 0 radical (unpaired) electrons. The van der Waals surface area contributed by atoms with Crippen LogP contribution < -0.4 is 15.2 Å². The van der Waals surface area contributed by atoms with Crippen LogP contribution in [-0.2, 0) is 6.54 Å². The Hall–Kier alpha value is -1.22. The van der Waals surface area contributed by atoms with Gasteiger partial charge in [0, 0.05) is 6.54 Å². The third-order valence-electron chi connectivity index (χ3n) is 4.07. The van der Waals surface area contributed by atoms with E-state index in [1.165, 1.54) is 19.3 Å². The van der Waals surface area contributed by atoms with Crippen LogP contribution >= 0.6 is 0 Å². The quantitative estimate of drug-likeness (QED) is 0.884. The molecule has 0 heterocycles. The van der Waals surface area contributed by atoms with Gasteiger partial charge < -0.3 is 15.2 Å². The number of rotatable bonds is 5. The summed E-state index contributed by atoms with van der Waals surface area (Å²) in [6.07, 6.45) is 6.52. The van der Waals surface area contributed by atoms with Gasteiger partial charge in [-0.05, 0) is 42.9 Å². The average Bonchev–Trinajstić information content (AvgIpc) is 2.48. The van der Waals surface area contributed by atoms with Gasteiger partial charge in [0.05, 0.1) is 13.2 Å². The first-order valence-electron chi connectivity index (χ1n) is 7.30. The maximum atomic E-state index is 6.14. The van der Waals surface area contributed by atoms with Crippen molar-refractivity contribution in [1.29, 1.82) is 0 Å². The van der Waals surface area contributed by atoms with Gasteiger partial charge >= 0.3 is 0 Å². The van der Waals surface area contributed by atoms with Gasteiger partial charge in [0.15, 0.2) is 11.5 Å². The lowest BCUT2D eigenvalue weighted by Gasteiger charge is -2.29. The Morgan fingerprint density at radius 1 is 1.26 bits per heavy atom. The van der Waals surface area contributed by atoms with Crippen LogP contribution in [0.4, 0.5) is 0 Å². The highest BCUT2D eigenvalue weighted by molar-refractivity contribution is 5.43. The molecule has 3 heteroatoms. The van der Waals surface area contributed by atoms with Gasteiger partial charge in [0.1, 0.15) is 0 Å². The molecule has 0 aromatic heterocycles. The summed E-state index contributed by atoms with van der Waals surface area (Å²) >= 11 is 0. The third kappa shape index (κ3) is 3.63. The monoisotopic (exact) mass is 263 g/mol. The molecule has 2 rings (SSSR count). The van der Waals surface area contributed by atoms with Crippen LogP contribution in [0.2, 0.25) is 0 Å². The molecular formula is C16H25NO2. The summed E-state index contributed by atoms with van der Waals surface area (Å²) in [5.41, 5.74) is 6.72. The van der Waals surface area contributed by atoms with Crippen LogP contribution in [0.25, 0.3) is 0 Å². The van der Waals surface area contributed by atoms with E-state index < -0.39 is 0 Å². The first-order chi connectivity index (χ1) is 9.26. The van der Waals surface area contributed by atoms with Crippen molar-refractivity contribution < 1.29 is 9.47 Å². The highest BCUT2D eigenvalue weighted by Gasteiger charge is 2.23. The molecule has 0 aliphatic heterocycles. The summed E-state index contributed by atoms with van der Waals surface area (Å²) in [4.78, 5) is 0. The summed E-state index contributed by atoms with van der Waals surface area (Å²) in [6.45, 7) is 2.79. The normalized spacial score (nSPS) is 23.1. The summed E-state index contributed by atoms with van der Waals surface area (Å²) in [6, 6.07) is 5.96. The number of nitrogens with two attached hydrogens (primary N) is 1. The molecule has 2 N–H and O–H groups in total. The van der Waals surface area contributed by atoms with Crippen LogP contribution in [0.5, 0.6) is 11.5 Å². The fourth-order valence-electron chi connectivity index (χ4n) is 2.84. The lowest BCUT2D eigenvalue weighted by Crippen LogP contribution is -2.25. The molecule has 1 fully saturated rings. The number of benzene rings is 1. The molecule has 0 amide bonds. The van der Waals surface area contributed by atoms with Crippen molar-refractivity contribution >= 4 is 0 Å². The van der Waals surface area contributed by atoms with Gasteiger partial charge in [-0.2, -0.15) is 0 Å². The lowest BCUT2D eigenvalue weighted by atomic mass is 9.85. The molecule has 1 aliphatic carbocycles. The van der Waals surface area contributed by atoms with E-state index in [0.29, 0.717) is 12.6 Å². The van der Waals surface area contributed by atoms with Crippen LogP contribution in [0.1, 0.15) is 44.6 Å². The van der Waals surface area contributed by atoms with Crippen molar-refractivity contribution in [3.05, 3.63) is 23.8 Å². The summed E-state index contributed by atoms with van der Waals surface area (Å²) in [7, 11) is 1.68. The average molecular weight is 263 g/mol. The molecular weight excluding hydrogens is 238 g/mol. The van der Waals surface area contributed by atoms with Crippen LogP contribution in [0.3, 0.4) is 0 Å². The van der Waals surface area contributed by atoms with E-state index >= 15 is 0 Å².